The van der Waals surface area contributed by atoms with Gasteiger partial charge in [0.15, 0.2) is 0 Å². The molecule has 0 aliphatic carbocycles. The molecule has 0 radical (unpaired) electrons. The van der Waals surface area contributed by atoms with Crippen molar-refractivity contribution in [3.63, 3.8) is 0 Å². The topological polar surface area (TPSA) is 134 Å². The summed E-state index contributed by atoms with van der Waals surface area (Å²) < 4.78 is 11.2. The molecule has 0 aliphatic rings. The van der Waals surface area contributed by atoms with Crippen molar-refractivity contribution in [1.82, 2.24) is 5.32 Å². The molecule has 0 bridgehead atoms. The molecule has 11 heteroatoms. The van der Waals surface area contributed by atoms with Crippen LogP contribution in [-0.2, 0) is 20.9 Å². The number of alkyl carbamates (subject to hydrolysis) is 1. The predicted molar refractivity (Wildman–Crippen MR) is 130 cm³/mol. The van der Waals surface area contributed by atoms with Crippen LogP contribution in [0.4, 0.5) is 10.5 Å². The number of hydrogen-bond acceptors (Lipinski definition) is 7. The second-order valence-corrected chi connectivity index (χ2v) is 11.0. The maximum Gasteiger partial charge on any atom is 0.410 e. The van der Waals surface area contributed by atoms with Gasteiger partial charge in [-0.25, -0.2) is 9.59 Å². The van der Waals surface area contributed by atoms with Crippen LogP contribution in [0.3, 0.4) is 0 Å². The highest BCUT2D eigenvalue weighted by atomic mass is 33.1. The highest BCUT2D eigenvalue weighted by molar-refractivity contribution is 8.77. The summed E-state index contributed by atoms with van der Waals surface area (Å²) in [7, 11) is 2.91. The zero-order valence-corrected chi connectivity index (χ0v) is 20.1. The zero-order chi connectivity index (χ0) is 24.3. The Kier molecular flexibility index (Phi) is 10.4. The minimum atomic E-state index is -1.15. The lowest BCUT2D eigenvalue weighted by Crippen LogP contribution is -2.43. The summed E-state index contributed by atoms with van der Waals surface area (Å²) in [5.41, 5.74) is 10.3. The molecule has 0 saturated carbocycles. The number of ether oxygens (including phenoxy) is 2. The van der Waals surface area contributed by atoms with E-state index in [9.17, 15) is 14.7 Å². The summed E-state index contributed by atoms with van der Waals surface area (Å²) in [6.07, 6.45) is -1.94. The Morgan fingerprint density at radius 2 is 1.82 bits per heavy atom. The van der Waals surface area contributed by atoms with Crippen molar-refractivity contribution in [3.8, 4) is 0 Å². The summed E-state index contributed by atoms with van der Waals surface area (Å²) in [6.45, 7) is 6.18. The first-order valence-corrected chi connectivity index (χ1v) is 12.3. The smallest absolute Gasteiger partial charge is 0.410 e. The number of carbonyl (C=O) groups excluding carboxylic acids is 1. The fourth-order valence-electron chi connectivity index (χ4n) is 2.42. The first-order valence-electron chi connectivity index (χ1n) is 9.99. The first-order chi connectivity index (χ1) is 15.7. The fraction of sp³-hybridized carbons (Fsp3) is 0.364. The van der Waals surface area contributed by atoms with Crippen LogP contribution in [0.15, 0.2) is 59.7 Å². The van der Waals surface area contributed by atoms with Gasteiger partial charge in [0.1, 0.15) is 6.04 Å². The van der Waals surface area contributed by atoms with Gasteiger partial charge < -0.3 is 19.9 Å². The lowest BCUT2D eigenvalue weighted by atomic mass is 10.2. The van der Waals surface area contributed by atoms with E-state index < -0.39 is 24.4 Å². The lowest BCUT2D eigenvalue weighted by Gasteiger charge is -2.22. The van der Waals surface area contributed by atoms with Crippen LogP contribution in [-0.4, -0.2) is 33.7 Å². The summed E-state index contributed by atoms with van der Waals surface area (Å²) >= 11 is 0. The highest BCUT2D eigenvalue weighted by Crippen LogP contribution is 2.35. The van der Waals surface area contributed by atoms with Gasteiger partial charge in [-0.15, -0.1) is 0 Å². The molecule has 2 unspecified atom stereocenters. The molecule has 0 aromatic heterocycles. The van der Waals surface area contributed by atoms with E-state index >= 15 is 0 Å². The molecule has 0 saturated heterocycles. The van der Waals surface area contributed by atoms with Crippen LogP contribution in [0.1, 0.15) is 38.2 Å². The van der Waals surface area contributed by atoms with Gasteiger partial charge in [-0.3, -0.25) is 0 Å². The van der Waals surface area contributed by atoms with Crippen LogP contribution < -0.4 is 5.32 Å². The zero-order valence-electron chi connectivity index (χ0n) is 18.5. The Balaban J connectivity index is 2.02. The van der Waals surface area contributed by atoms with Gasteiger partial charge in [-0.2, -0.15) is 0 Å². The van der Waals surface area contributed by atoms with Crippen LogP contribution >= 0.6 is 21.6 Å². The number of azide groups is 1. The molecular weight excluding hydrogens is 464 g/mol. The molecule has 2 rings (SSSR count). The van der Waals surface area contributed by atoms with Crippen molar-refractivity contribution in [2.45, 2.75) is 44.5 Å². The van der Waals surface area contributed by atoms with Gasteiger partial charge in [-0.1, -0.05) is 102 Å². The number of carbonyl (C=O) groups is 2. The van der Waals surface area contributed by atoms with Crippen molar-refractivity contribution in [2.24, 2.45) is 5.11 Å². The second kappa shape index (κ2) is 13.0. The van der Waals surface area contributed by atoms with Gasteiger partial charge in [0.2, 0.25) is 6.29 Å². The third-order valence-electron chi connectivity index (χ3n) is 3.92. The van der Waals surface area contributed by atoms with Gasteiger partial charge >= 0.3 is 12.1 Å². The molecule has 0 spiro atoms. The number of nitrogens with zero attached hydrogens (tertiary/aromatic N) is 3. The van der Waals surface area contributed by atoms with Gasteiger partial charge in [0.05, 0.1) is 6.61 Å². The Labute approximate surface area is 200 Å². The Hall–Kier alpha value is -2.85. The van der Waals surface area contributed by atoms with Gasteiger partial charge in [0.25, 0.3) is 0 Å². The molecule has 176 valence electrons. The minimum absolute atomic E-state index is 0.0420. The molecule has 2 aromatic rings. The molecule has 2 aromatic carbocycles. The molecule has 1 amide bonds. The molecule has 0 heterocycles. The van der Waals surface area contributed by atoms with E-state index in [0.717, 1.165) is 5.56 Å². The van der Waals surface area contributed by atoms with E-state index in [1.807, 2.05) is 26.8 Å². The van der Waals surface area contributed by atoms with E-state index in [2.05, 4.69) is 15.3 Å². The van der Waals surface area contributed by atoms with Crippen LogP contribution in [0.2, 0.25) is 0 Å². The van der Waals surface area contributed by atoms with Crippen molar-refractivity contribution < 1.29 is 24.2 Å². The SMILES string of the molecule is CC(C)(C)SSCC(NC(=O)OC(OCc1ccc(N=[N+]=[N-])cc1)c1ccccc1)C(=O)O. The summed E-state index contributed by atoms with van der Waals surface area (Å²) in [4.78, 5) is 26.8. The second-order valence-electron chi connectivity index (χ2n) is 7.83. The Morgan fingerprint density at radius 1 is 1.15 bits per heavy atom. The third kappa shape index (κ3) is 10.1. The molecule has 2 N–H and O–H groups in total. The summed E-state index contributed by atoms with van der Waals surface area (Å²) in [6, 6.07) is 14.5. The number of carboxylic acid groups (broad SMARTS) is 1. The molecule has 0 fully saturated rings. The van der Waals surface area contributed by atoms with E-state index in [-0.39, 0.29) is 17.1 Å². The standard InChI is InChI=1S/C22H26N4O5S2/c1-22(2,3)33-32-14-18(19(27)28)24-21(29)31-20(16-7-5-4-6-8-16)30-13-15-9-11-17(12-10-15)25-26-23/h4-12,18,20H,13-14H2,1-3H3,(H,24,29)(H,27,28). The molecular formula is C22H26N4O5S2. The van der Waals surface area contributed by atoms with Gasteiger partial charge in [0, 0.05) is 26.7 Å². The van der Waals surface area contributed by atoms with Crippen molar-refractivity contribution in [1.29, 1.82) is 0 Å². The Morgan fingerprint density at radius 3 is 2.39 bits per heavy atom. The van der Waals surface area contributed by atoms with E-state index in [1.54, 1.807) is 48.5 Å². The summed E-state index contributed by atoms with van der Waals surface area (Å²) in [5.74, 6) is -0.966. The van der Waals surface area contributed by atoms with Crippen LogP contribution in [0.5, 0.6) is 0 Å². The van der Waals surface area contributed by atoms with Crippen LogP contribution in [0, 0.1) is 0 Å². The van der Waals surface area contributed by atoms with E-state index in [4.69, 9.17) is 15.0 Å². The van der Waals surface area contributed by atoms with Crippen molar-refractivity contribution in [3.05, 3.63) is 76.2 Å². The predicted octanol–water partition coefficient (Wildman–Crippen LogP) is 6.20. The molecule has 0 aliphatic heterocycles. The number of nitrogens with one attached hydrogen (secondary N) is 1. The van der Waals surface area contributed by atoms with Gasteiger partial charge in [-0.05, 0) is 11.1 Å². The third-order valence-corrected chi connectivity index (χ3v) is 7.27. The maximum absolute atomic E-state index is 12.5. The largest absolute Gasteiger partial charge is 0.480 e. The van der Waals surface area contributed by atoms with Crippen LogP contribution in [0.25, 0.3) is 10.4 Å². The van der Waals surface area contributed by atoms with E-state index in [1.165, 1.54) is 21.6 Å². The average molecular weight is 491 g/mol. The maximum atomic E-state index is 12.5. The van der Waals surface area contributed by atoms with Crippen molar-refractivity contribution in [2.75, 3.05) is 5.75 Å². The van der Waals surface area contributed by atoms with Crippen molar-refractivity contribution >= 4 is 39.3 Å². The highest BCUT2D eigenvalue weighted by Gasteiger charge is 2.25. The average Bonchev–Trinajstić information content (AvgIpc) is 2.77. The molecule has 33 heavy (non-hydrogen) atoms. The fourth-order valence-corrected chi connectivity index (χ4v) is 4.87. The molecule has 9 nitrogen and oxygen atoms in total. The lowest BCUT2D eigenvalue weighted by molar-refractivity contribution is -0.140. The number of aliphatic carboxylic acids is 1. The number of amides is 1. The normalized spacial score (nSPS) is 12.8. The number of carboxylic acids is 1. The minimum Gasteiger partial charge on any atom is -0.480 e. The molecule has 2 atom stereocenters. The first kappa shape index (κ1) is 26.4. The quantitative estimate of drug-likeness (QED) is 0.126. The summed E-state index contributed by atoms with van der Waals surface area (Å²) in [5, 5.41) is 15.4. The number of benzene rings is 2. The number of rotatable bonds is 11. The van der Waals surface area contributed by atoms with E-state index in [0.29, 0.717) is 11.3 Å². The number of hydrogen-bond donors (Lipinski definition) is 2. The Bertz CT molecular complexity index is 961. The monoisotopic (exact) mass is 490 g/mol.